The Kier molecular flexibility index (Phi) is 7.12. The van der Waals surface area contributed by atoms with E-state index in [1.807, 2.05) is 50.2 Å². The van der Waals surface area contributed by atoms with Crippen molar-refractivity contribution in [2.75, 3.05) is 33.4 Å². The van der Waals surface area contributed by atoms with Crippen molar-refractivity contribution in [3.05, 3.63) is 59.7 Å². The maximum atomic E-state index is 13.2. The van der Waals surface area contributed by atoms with E-state index in [4.69, 9.17) is 9.47 Å². The Morgan fingerprint density at radius 1 is 1.09 bits per heavy atom. The van der Waals surface area contributed by atoms with Crippen LogP contribution in [-0.4, -0.2) is 67.4 Å². The third-order valence-electron chi connectivity index (χ3n) is 7.41. The fraction of sp³-hybridized carbons (Fsp3) is 0.444. The SMILES string of the molecule is COCC(NC(=O)OCC1c2ccccc2-c2ccccc21)C(=O)N1CCC(C(=O)O)(C(C)C)C1. The van der Waals surface area contributed by atoms with Crippen molar-refractivity contribution in [3.8, 4) is 11.1 Å². The number of carboxylic acids is 1. The molecule has 2 aromatic rings. The molecule has 8 heteroatoms. The standard InChI is InChI=1S/C27H32N2O6/c1-17(2)27(25(31)32)12-13-29(16-27)24(30)23(15-34-3)28-26(33)35-14-22-20-10-6-4-8-18(20)19-9-5-7-11-21(19)22/h4-11,17,22-23H,12-16H2,1-3H3,(H,28,33)(H,31,32). The Bertz CT molecular complexity index is 1070. The Morgan fingerprint density at radius 2 is 1.69 bits per heavy atom. The summed E-state index contributed by atoms with van der Waals surface area (Å²) in [6.07, 6.45) is -0.342. The van der Waals surface area contributed by atoms with E-state index < -0.39 is 23.5 Å². The third kappa shape index (κ3) is 4.62. The monoisotopic (exact) mass is 480 g/mol. The van der Waals surface area contributed by atoms with Crippen molar-refractivity contribution in [2.45, 2.75) is 32.2 Å². The molecule has 2 aromatic carbocycles. The van der Waals surface area contributed by atoms with Gasteiger partial charge in [0.05, 0.1) is 12.0 Å². The maximum Gasteiger partial charge on any atom is 0.407 e. The number of hydrogen-bond acceptors (Lipinski definition) is 5. The van der Waals surface area contributed by atoms with E-state index in [1.165, 1.54) is 12.0 Å². The molecule has 35 heavy (non-hydrogen) atoms. The van der Waals surface area contributed by atoms with E-state index >= 15 is 0 Å². The van der Waals surface area contributed by atoms with Crippen molar-refractivity contribution in [1.29, 1.82) is 0 Å². The molecule has 2 amide bonds. The largest absolute Gasteiger partial charge is 0.481 e. The molecule has 0 aromatic heterocycles. The van der Waals surface area contributed by atoms with Crippen LogP contribution in [0.1, 0.15) is 37.3 Å². The van der Waals surface area contributed by atoms with Crippen LogP contribution in [0.2, 0.25) is 0 Å². The number of likely N-dealkylation sites (tertiary alicyclic amines) is 1. The van der Waals surface area contributed by atoms with Gasteiger partial charge in [-0.2, -0.15) is 0 Å². The van der Waals surface area contributed by atoms with Gasteiger partial charge in [0, 0.05) is 26.1 Å². The number of carboxylic acid groups (broad SMARTS) is 1. The van der Waals surface area contributed by atoms with Gasteiger partial charge in [-0.3, -0.25) is 9.59 Å². The third-order valence-corrected chi connectivity index (χ3v) is 7.41. The van der Waals surface area contributed by atoms with Gasteiger partial charge in [0.1, 0.15) is 12.6 Å². The van der Waals surface area contributed by atoms with Gasteiger partial charge in [0.15, 0.2) is 0 Å². The van der Waals surface area contributed by atoms with Crippen molar-refractivity contribution in [3.63, 3.8) is 0 Å². The number of amides is 2. The highest BCUT2D eigenvalue weighted by Gasteiger charge is 2.49. The molecule has 1 aliphatic heterocycles. The first-order chi connectivity index (χ1) is 16.8. The first-order valence-corrected chi connectivity index (χ1v) is 11.9. The lowest BCUT2D eigenvalue weighted by atomic mass is 9.76. The van der Waals surface area contributed by atoms with Crippen LogP contribution in [0.15, 0.2) is 48.5 Å². The molecular weight excluding hydrogens is 448 g/mol. The number of ether oxygens (including phenoxy) is 2. The normalized spacial score (nSPS) is 19.8. The zero-order valence-electron chi connectivity index (χ0n) is 20.3. The van der Waals surface area contributed by atoms with Gasteiger partial charge in [-0.25, -0.2) is 4.79 Å². The number of nitrogens with zero attached hydrogens (tertiary/aromatic N) is 1. The number of alkyl carbamates (subject to hydrolysis) is 1. The van der Waals surface area contributed by atoms with Gasteiger partial charge < -0.3 is 24.8 Å². The second kappa shape index (κ2) is 10.1. The minimum Gasteiger partial charge on any atom is -0.481 e. The number of nitrogens with one attached hydrogen (secondary N) is 1. The van der Waals surface area contributed by atoms with Crippen molar-refractivity contribution >= 4 is 18.0 Å². The van der Waals surface area contributed by atoms with Crippen LogP contribution in [-0.2, 0) is 19.1 Å². The maximum absolute atomic E-state index is 13.2. The Labute approximate surface area is 205 Å². The number of fused-ring (bicyclic) bond motifs is 3. The highest BCUT2D eigenvalue weighted by Crippen LogP contribution is 2.44. The number of benzene rings is 2. The summed E-state index contributed by atoms with van der Waals surface area (Å²) in [4.78, 5) is 39.3. The zero-order chi connectivity index (χ0) is 25.2. The molecule has 2 unspecified atom stereocenters. The molecule has 1 aliphatic carbocycles. The number of hydrogen-bond donors (Lipinski definition) is 2. The van der Waals surface area contributed by atoms with Crippen LogP contribution in [0, 0.1) is 11.3 Å². The number of rotatable bonds is 8. The molecule has 1 fully saturated rings. The summed E-state index contributed by atoms with van der Waals surface area (Å²) in [5.41, 5.74) is 3.47. The average Bonchev–Trinajstić information content (AvgIpc) is 3.43. The highest BCUT2D eigenvalue weighted by molar-refractivity contribution is 5.87. The molecule has 4 rings (SSSR count). The first-order valence-electron chi connectivity index (χ1n) is 11.9. The molecule has 0 spiro atoms. The first kappa shape index (κ1) is 24.7. The molecule has 0 saturated carbocycles. The lowest BCUT2D eigenvalue weighted by Crippen LogP contribution is -2.51. The minimum absolute atomic E-state index is 0.0404. The van der Waals surface area contributed by atoms with Gasteiger partial charge >= 0.3 is 12.1 Å². The highest BCUT2D eigenvalue weighted by atomic mass is 16.5. The number of aliphatic carboxylic acids is 1. The van der Waals surface area contributed by atoms with Gasteiger partial charge in [-0.1, -0.05) is 62.4 Å². The smallest absolute Gasteiger partial charge is 0.407 e. The van der Waals surface area contributed by atoms with Crippen molar-refractivity contribution in [2.24, 2.45) is 11.3 Å². The van der Waals surface area contributed by atoms with Gasteiger partial charge in [0.2, 0.25) is 5.91 Å². The summed E-state index contributed by atoms with van der Waals surface area (Å²) in [5, 5.41) is 12.4. The molecule has 0 radical (unpaired) electrons. The number of carbonyl (C=O) groups excluding carboxylic acids is 2. The number of carbonyl (C=O) groups is 3. The molecular formula is C27H32N2O6. The van der Waals surface area contributed by atoms with E-state index in [0.29, 0.717) is 13.0 Å². The summed E-state index contributed by atoms with van der Waals surface area (Å²) in [7, 11) is 1.44. The second-order valence-electron chi connectivity index (χ2n) is 9.60. The summed E-state index contributed by atoms with van der Waals surface area (Å²) < 4.78 is 10.7. The molecule has 2 N–H and O–H groups in total. The summed E-state index contributed by atoms with van der Waals surface area (Å²) >= 11 is 0. The van der Waals surface area contributed by atoms with E-state index in [2.05, 4.69) is 17.4 Å². The van der Waals surface area contributed by atoms with Crippen LogP contribution in [0.4, 0.5) is 4.79 Å². The van der Waals surface area contributed by atoms with Crippen LogP contribution in [0.5, 0.6) is 0 Å². The van der Waals surface area contributed by atoms with Crippen molar-refractivity contribution in [1.82, 2.24) is 10.2 Å². The fourth-order valence-corrected chi connectivity index (χ4v) is 5.26. The van der Waals surface area contributed by atoms with E-state index in [-0.39, 0.29) is 37.5 Å². The minimum atomic E-state index is -0.989. The lowest BCUT2D eigenvalue weighted by molar-refractivity contribution is -0.151. The van der Waals surface area contributed by atoms with E-state index in [0.717, 1.165) is 22.3 Å². The van der Waals surface area contributed by atoms with Crippen molar-refractivity contribution < 1.29 is 29.0 Å². The molecule has 2 aliphatic rings. The molecule has 1 saturated heterocycles. The molecule has 2 atom stereocenters. The predicted molar refractivity (Wildman–Crippen MR) is 130 cm³/mol. The summed E-state index contributed by atoms with van der Waals surface area (Å²) in [6.45, 7) is 4.21. The summed E-state index contributed by atoms with van der Waals surface area (Å²) in [5.74, 6) is -1.50. The molecule has 8 nitrogen and oxygen atoms in total. The van der Waals surface area contributed by atoms with Gasteiger partial charge in [-0.05, 0) is 34.6 Å². The van der Waals surface area contributed by atoms with Crippen LogP contribution >= 0.6 is 0 Å². The van der Waals surface area contributed by atoms with Crippen LogP contribution in [0.3, 0.4) is 0 Å². The molecule has 186 valence electrons. The topological polar surface area (TPSA) is 105 Å². The van der Waals surface area contributed by atoms with Crippen LogP contribution in [0.25, 0.3) is 11.1 Å². The Hall–Kier alpha value is -3.39. The lowest BCUT2D eigenvalue weighted by Gasteiger charge is -2.30. The average molecular weight is 481 g/mol. The molecule has 1 heterocycles. The van der Waals surface area contributed by atoms with E-state index in [9.17, 15) is 19.5 Å². The number of methoxy groups -OCH3 is 1. The summed E-state index contributed by atoms with van der Waals surface area (Å²) in [6, 6.07) is 15.1. The van der Waals surface area contributed by atoms with E-state index in [1.54, 1.807) is 0 Å². The second-order valence-corrected chi connectivity index (χ2v) is 9.60. The van der Waals surface area contributed by atoms with Crippen LogP contribution < -0.4 is 5.32 Å². The fourth-order valence-electron chi connectivity index (χ4n) is 5.26. The van der Waals surface area contributed by atoms with Gasteiger partial charge in [-0.15, -0.1) is 0 Å². The zero-order valence-corrected chi connectivity index (χ0v) is 20.3. The Morgan fingerprint density at radius 3 is 2.20 bits per heavy atom. The predicted octanol–water partition coefficient (Wildman–Crippen LogP) is 3.50. The van der Waals surface area contributed by atoms with Gasteiger partial charge in [0.25, 0.3) is 0 Å². The Balaban J connectivity index is 1.41. The quantitative estimate of drug-likeness (QED) is 0.599. The molecule has 0 bridgehead atoms.